The molecule has 5 heteroatoms. The first-order chi connectivity index (χ1) is 10.0. The van der Waals surface area contributed by atoms with Crippen LogP contribution in [0.25, 0.3) is 0 Å². The SMILES string of the molecule is COCCN(CC(NC1CC1)(C(=O)OC)C1CC1)C(C)C. The highest BCUT2D eigenvalue weighted by atomic mass is 16.5. The summed E-state index contributed by atoms with van der Waals surface area (Å²) in [7, 11) is 3.22. The average Bonchev–Trinajstić information content (AvgIpc) is 3.33. The first-order valence-electron chi connectivity index (χ1n) is 8.12. The van der Waals surface area contributed by atoms with E-state index in [1.165, 1.54) is 20.0 Å². The Morgan fingerprint density at radius 3 is 2.38 bits per heavy atom. The fraction of sp³-hybridized carbons (Fsp3) is 0.938. The van der Waals surface area contributed by atoms with Crippen molar-refractivity contribution in [3.05, 3.63) is 0 Å². The summed E-state index contributed by atoms with van der Waals surface area (Å²) >= 11 is 0. The molecule has 0 saturated heterocycles. The molecule has 0 amide bonds. The minimum atomic E-state index is -0.534. The first kappa shape index (κ1) is 16.7. The third-order valence-electron chi connectivity index (χ3n) is 4.63. The Bertz CT molecular complexity index is 353. The number of esters is 1. The fourth-order valence-electron chi connectivity index (χ4n) is 2.98. The van der Waals surface area contributed by atoms with Gasteiger partial charge in [-0.3, -0.25) is 10.2 Å². The van der Waals surface area contributed by atoms with Crippen molar-refractivity contribution in [3.8, 4) is 0 Å². The highest BCUT2D eigenvalue weighted by Gasteiger charge is 2.54. The van der Waals surface area contributed by atoms with E-state index < -0.39 is 5.54 Å². The molecule has 2 rings (SSSR count). The van der Waals surface area contributed by atoms with E-state index in [1.807, 2.05) is 0 Å². The Hall–Kier alpha value is -0.650. The maximum atomic E-state index is 12.6. The van der Waals surface area contributed by atoms with Gasteiger partial charge in [-0.25, -0.2) is 4.79 Å². The number of hydrogen-bond acceptors (Lipinski definition) is 5. The van der Waals surface area contributed by atoms with Crippen LogP contribution in [0.1, 0.15) is 39.5 Å². The summed E-state index contributed by atoms with van der Waals surface area (Å²) in [6.07, 6.45) is 4.58. The molecule has 0 aromatic rings. The molecule has 0 bridgehead atoms. The Balaban J connectivity index is 2.13. The second kappa shape index (κ2) is 7.07. The van der Waals surface area contributed by atoms with Gasteiger partial charge < -0.3 is 9.47 Å². The van der Waals surface area contributed by atoms with Gasteiger partial charge in [0.1, 0.15) is 5.54 Å². The summed E-state index contributed by atoms with van der Waals surface area (Å²) in [5, 5.41) is 3.62. The smallest absolute Gasteiger partial charge is 0.327 e. The zero-order chi connectivity index (χ0) is 15.5. The van der Waals surface area contributed by atoms with Crippen LogP contribution in [-0.2, 0) is 14.3 Å². The monoisotopic (exact) mass is 298 g/mol. The van der Waals surface area contributed by atoms with Gasteiger partial charge in [0.25, 0.3) is 0 Å². The predicted octanol–water partition coefficient (Wildman–Crippen LogP) is 1.42. The van der Waals surface area contributed by atoms with Crippen LogP contribution in [0, 0.1) is 5.92 Å². The van der Waals surface area contributed by atoms with E-state index in [0.29, 0.717) is 31.2 Å². The Labute approximate surface area is 128 Å². The maximum Gasteiger partial charge on any atom is 0.327 e. The topological polar surface area (TPSA) is 50.8 Å². The maximum absolute atomic E-state index is 12.6. The van der Waals surface area contributed by atoms with E-state index >= 15 is 0 Å². The van der Waals surface area contributed by atoms with Gasteiger partial charge in [0.15, 0.2) is 0 Å². The standard InChI is InChI=1S/C16H30N2O3/c1-12(2)18(9-10-20-3)11-16(13-5-6-13,15(19)21-4)17-14-7-8-14/h12-14,17H,5-11H2,1-4H3. The van der Waals surface area contributed by atoms with Crippen molar-refractivity contribution in [3.63, 3.8) is 0 Å². The number of hydrogen-bond donors (Lipinski definition) is 1. The molecular weight excluding hydrogens is 268 g/mol. The van der Waals surface area contributed by atoms with E-state index in [9.17, 15) is 4.79 Å². The van der Waals surface area contributed by atoms with Crippen LogP contribution >= 0.6 is 0 Å². The van der Waals surface area contributed by atoms with Gasteiger partial charge in [0.2, 0.25) is 0 Å². The zero-order valence-corrected chi connectivity index (χ0v) is 13.9. The van der Waals surface area contributed by atoms with Crippen LogP contribution in [0.15, 0.2) is 0 Å². The summed E-state index contributed by atoms with van der Waals surface area (Å²) < 4.78 is 10.4. The molecule has 2 fully saturated rings. The van der Waals surface area contributed by atoms with Gasteiger partial charge >= 0.3 is 5.97 Å². The van der Waals surface area contributed by atoms with E-state index in [2.05, 4.69) is 24.1 Å². The molecule has 1 atom stereocenters. The van der Waals surface area contributed by atoms with E-state index in [-0.39, 0.29) is 5.97 Å². The molecule has 1 N–H and O–H groups in total. The minimum absolute atomic E-state index is 0.0973. The molecule has 0 aromatic carbocycles. The molecule has 0 heterocycles. The number of rotatable bonds is 10. The van der Waals surface area contributed by atoms with Crippen molar-refractivity contribution >= 4 is 5.97 Å². The molecule has 2 aliphatic carbocycles. The van der Waals surface area contributed by atoms with Crippen molar-refractivity contribution in [2.45, 2.75) is 57.2 Å². The molecule has 1 unspecified atom stereocenters. The number of ether oxygens (including phenoxy) is 2. The second-order valence-corrected chi connectivity index (χ2v) is 6.71. The van der Waals surface area contributed by atoms with Crippen LogP contribution in [0.3, 0.4) is 0 Å². The molecule has 21 heavy (non-hydrogen) atoms. The largest absolute Gasteiger partial charge is 0.468 e. The average molecular weight is 298 g/mol. The van der Waals surface area contributed by atoms with Gasteiger partial charge in [-0.2, -0.15) is 0 Å². The number of nitrogens with one attached hydrogen (secondary N) is 1. The molecular formula is C16H30N2O3. The number of nitrogens with zero attached hydrogens (tertiary/aromatic N) is 1. The molecule has 0 aromatic heterocycles. The van der Waals surface area contributed by atoms with Crippen LogP contribution in [0.5, 0.6) is 0 Å². The van der Waals surface area contributed by atoms with Gasteiger partial charge in [0.05, 0.1) is 13.7 Å². The lowest BCUT2D eigenvalue weighted by Crippen LogP contribution is -2.63. The lowest BCUT2D eigenvalue weighted by atomic mass is 9.91. The van der Waals surface area contributed by atoms with Crippen molar-refractivity contribution in [1.82, 2.24) is 10.2 Å². The Morgan fingerprint density at radius 2 is 1.95 bits per heavy atom. The normalized spacial score (nSPS) is 21.6. The number of methoxy groups -OCH3 is 2. The van der Waals surface area contributed by atoms with E-state index in [1.54, 1.807) is 7.11 Å². The molecule has 0 spiro atoms. The summed E-state index contributed by atoms with van der Waals surface area (Å²) in [4.78, 5) is 14.9. The van der Waals surface area contributed by atoms with Crippen molar-refractivity contribution in [2.75, 3.05) is 33.9 Å². The molecule has 122 valence electrons. The van der Waals surface area contributed by atoms with E-state index in [0.717, 1.165) is 19.4 Å². The van der Waals surface area contributed by atoms with Gasteiger partial charge in [-0.15, -0.1) is 0 Å². The van der Waals surface area contributed by atoms with E-state index in [4.69, 9.17) is 9.47 Å². The van der Waals surface area contributed by atoms with Crippen molar-refractivity contribution < 1.29 is 14.3 Å². The Kier molecular flexibility index (Phi) is 5.63. The second-order valence-electron chi connectivity index (χ2n) is 6.71. The highest BCUT2D eigenvalue weighted by molar-refractivity contribution is 5.82. The molecule has 0 aliphatic heterocycles. The van der Waals surface area contributed by atoms with Crippen LogP contribution in [-0.4, -0.2) is 62.4 Å². The minimum Gasteiger partial charge on any atom is -0.468 e. The van der Waals surface area contributed by atoms with Crippen LogP contribution < -0.4 is 5.32 Å². The molecule has 2 aliphatic rings. The van der Waals surface area contributed by atoms with Gasteiger partial charge in [-0.05, 0) is 45.4 Å². The van der Waals surface area contributed by atoms with Crippen molar-refractivity contribution in [2.24, 2.45) is 5.92 Å². The lowest BCUT2D eigenvalue weighted by Gasteiger charge is -2.39. The lowest BCUT2D eigenvalue weighted by molar-refractivity contribution is -0.151. The molecule has 0 radical (unpaired) electrons. The third-order valence-corrected chi connectivity index (χ3v) is 4.63. The third kappa shape index (κ3) is 4.18. The fourth-order valence-corrected chi connectivity index (χ4v) is 2.98. The molecule has 5 nitrogen and oxygen atoms in total. The predicted molar refractivity (Wildman–Crippen MR) is 82.2 cm³/mol. The first-order valence-corrected chi connectivity index (χ1v) is 8.12. The Morgan fingerprint density at radius 1 is 1.29 bits per heavy atom. The summed E-state index contributed by atoms with van der Waals surface area (Å²) in [5.74, 6) is 0.314. The van der Waals surface area contributed by atoms with Crippen molar-refractivity contribution in [1.29, 1.82) is 0 Å². The quantitative estimate of drug-likeness (QED) is 0.618. The molecule has 2 saturated carbocycles. The summed E-state index contributed by atoms with van der Waals surface area (Å²) in [6.45, 7) is 6.57. The van der Waals surface area contributed by atoms with Gasteiger partial charge in [-0.1, -0.05) is 0 Å². The number of carbonyl (C=O) groups excluding carboxylic acids is 1. The van der Waals surface area contributed by atoms with Crippen LogP contribution in [0.4, 0.5) is 0 Å². The zero-order valence-electron chi connectivity index (χ0n) is 13.9. The summed E-state index contributed by atoms with van der Waals surface area (Å²) in [6, 6.07) is 0.866. The van der Waals surface area contributed by atoms with Gasteiger partial charge in [0, 0.05) is 32.3 Å². The van der Waals surface area contributed by atoms with Crippen LogP contribution in [0.2, 0.25) is 0 Å². The highest BCUT2D eigenvalue weighted by Crippen LogP contribution is 2.43. The summed E-state index contributed by atoms with van der Waals surface area (Å²) in [5.41, 5.74) is -0.534. The number of carbonyl (C=O) groups is 1.